The van der Waals surface area contributed by atoms with Gasteiger partial charge in [0.2, 0.25) is 11.9 Å². The maximum atomic E-state index is 8.74. The molecular weight excluding hydrogens is 220 g/mol. The first-order valence-corrected chi connectivity index (χ1v) is 5.32. The Morgan fingerprint density at radius 3 is 2.76 bits per heavy atom. The van der Waals surface area contributed by atoms with Crippen molar-refractivity contribution in [1.29, 1.82) is 5.26 Å². The highest BCUT2D eigenvalue weighted by Crippen LogP contribution is 2.13. The first kappa shape index (κ1) is 13.0. The third-order valence-corrected chi connectivity index (χ3v) is 2.00. The number of nitrogens with two attached hydrogens (primary N) is 1. The van der Waals surface area contributed by atoms with E-state index in [0.717, 1.165) is 0 Å². The van der Waals surface area contributed by atoms with Gasteiger partial charge in [-0.15, -0.1) is 0 Å². The molecule has 1 rings (SSSR count). The molecule has 0 aliphatic heterocycles. The highest BCUT2D eigenvalue weighted by molar-refractivity contribution is 5.35. The van der Waals surface area contributed by atoms with Crippen molar-refractivity contribution in [3.63, 3.8) is 0 Å². The van der Waals surface area contributed by atoms with Crippen molar-refractivity contribution in [2.24, 2.45) is 5.92 Å². The summed E-state index contributed by atoms with van der Waals surface area (Å²) in [4.78, 5) is 13.7. The van der Waals surface area contributed by atoms with Gasteiger partial charge in [0.05, 0.1) is 18.6 Å². The molecule has 7 nitrogen and oxygen atoms in total. The summed E-state index contributed by atoms with van der Waals surface area (Å²) in [6, 6.07) is 2.35. The molecule has 0 aromatic carbocycles. The van der Waals surface area contributed by atoms with Crippen molar-refractivity contribution in [3.8, 4) is 12.1 Å². The molecule has 7 heteroatoms. The van der Waals surface area contributed by atoms with Gasteiger partial charge in [0.1, 0.15) is 0 Å². The summed E-state index contributed by atoms with van der Waals surface area (Å²) in [6.45, 7) is 4.64. The number of anilines is 2. The summed E-state index contributed by atoms with van der Waals surface area (Å²) in [7, 11) is 1.79. The average Bonchev–Trinajstić information content (AvgIpc) is 2.28. The average molecular weight is 236 g/mol. The Morgan fingerprint density at radius 2 is 2.18 bits per heavy atom. The van der Waals surface area contributed by atoms with Crippen molar-refractivity contribution in [1.82, 2.24) is 15.0 Å². The second kappa shape index (κ2) is 5.84. The monoisotopic (exact) mass is 236 g/mol. The van der Waals surface area contributed by atoms with Crippen molar-refractivity contribution >= 4 is 11.9 Å². The lowest BCUT2D eigenvalue weighted by Gasteiger charge is -2.18. The molecule has 0 saturated carbocycles. The molecule has 1 atom stereocenters. The van der Waals surface area contributed by atoms with E-state index in [1.54, 1.807) is 11.9 Å². The second-order valence-electron chi connectivity index (χ2n) is 3.62. The minimum absolute atomic E-state index is 0.106. The van der Waals surface area contributed by atoms with Crippen LogP contribution in [0.3, 0.4) is 0 Å². The van der Waals surface area contributed by atoms with E-state index in [2.05, 4.69) is 21.0 Å². The van der Waals surface area contributed by atoms with E-state index in [1.165, 1.54) is 0 Å². The Kier molecular flexibility index (Phi) is 4.46. The SMILES string of the molecule is CCOc1nc(N)nc(N(C)CC(C)C#N)n1. The molecule has 0 fully saturated rings. The van der Waals surface area contributed by atoms with E-state index in [1.807, 2.05) is 13.8 Å². The van der Waals surface area contributed by atoms with Crippen LogP contribution in [0.4, 0.5) is 11.9 Å². The van der Waals surface area contributed by atoms with E-state index in [0.29, 0.717) is 19.1 Å². The van der Waals surface area contributed by atoms with Crippen molar-refractivity contribution in [2.45, 2.75) is 13.8 Å². The molecule has 92 valence electrons. The van der Waals surface area contributed by atoms with E-state index < -0.39 is 0 Å². The molecule has 2 N–H and O–H groups in total. The van der Waals surface area contributed by atoms with Crippen LogP contribution in [0.25, 0.3) is 0 Å². The highest BCUT2D eigenvalue weighted by atomic mass is 16.5. The lowest BCUT2D eigenvalue weighted by atomic mass is 10.2. The van der Waals surface area contributed by atoms with Crippen LogP contribution in [0.5, 0.6) is 6.01 Å². The smallest absolute Gasteiger partial charge is 0.323 e. The van der Waals surface area contributed by atoms with Gasteiger partial charge in [-0.25, -0.2) is 0 Å². The molecule has 0 amide bonds. The van der Waals surface area contributed by atoms with Gasteiger partial charge in [0.25, 0.3) is 0 Å². The van der Waals surface area contributed by atoms with Crippen LogP contribution in [0.2, 0.25) is 0 Å². The van der Waals surface area contributed by atoms with Gasteiger partial charge < -0.3 is 15.4 Å². The highest BCUT2D eigenvalue weighted by Gasteiger charge is 2.12. The van der Waals surface area contributed by atoms with E-state index in [9.17, 15) is 0 Å². The first-order chi connectivity index (χ1) is 8.06. The first-order valence-electron chi connectivity index (χ1n) is 5.32. The van der Waals surface area contributed by atoms with Gasteiger partial charge in [-0.3, -0.25) is 0 Å². The van der Waals surface area contributed by atoms with Gasteiger partial charge in [-0.1, -0.05) is 0 Å². The molecular formula is C10H16N6O. The molecule has 1 aromatic heterocycles. The van der Waals surface area contributed by atoms with Gasteiger partial charge in [-0.2, -0.15) is 20.2 Å². The molecule has 0 bridgehead atoms. The Balaban J connectivity index is 2.86. The van der Waals surface area contributed by atoms with Crippen LogP contribution in [-0.2, 0) is 0 Å². The minimum Gasteiger partial charge on any atom is -0.464 e. The topological polar surface area (TPSA) is 101 Å². The Morgan fingerprint density at radius 1 is 1.47 bits per heavy atom. The Labute approximate surface area is 100 Å². The summed E-state index contributed by atoms with van der Waals surface area (Å²) < 4.78 is 5.17. The number of hydrogen-bond donors (Lipinski definition) is 1. The molecule has 0 saturated heterocycles. The van der Waals surface area contributed by atoms with Crippen LogP contribution in [0.1, 0.15) is 13.8 Å². The standard InChI is InChI=1S/C10H16N6O/c1-4-17-10-14-8(12)13-9(15-10)16(3)6-7(2)5-11/h7H,4,6H2,1-3H3,(H2,12,13,14,15). The zero-order valence-corrected chi connectivity index (χ0v) is 10.2. The molecule has 1 heterocycles. The van der Waals surface area contributed by atoms with Crippen molar-refractivity contribution < 1.29 is 4.74 Å². The number of rotatable bonds is 5. The Hall–Kier alpha value is -2.10. The number of nitriles is 1. The zero-order chi connectivity index (χ0) is 12.8. The van der Waals surface area contributed by atoms with Crippen LogP contribution in [-0.4, -0.2) is 35.2 Å². The van der Waals surface area contributed by atoms with E-state index >= 15 is 0 Å². The minimum atomic E-state index is -0.117. The lowest BCUT2D eigenvalue weighted by Crippen LogP contribution is -2.26. The molecule has 17 heavy (non-hydrogen) atoms. The number of nitrogens with zero attached hydrogens (tertiary/aromatic N) is 5. The predicted molar refractivity (Wildman–Crippen MR) is 63.5 cm³/mol. The van der Waals surface area contributed by atoms with E-state index in [-0.39, 0.29) is 17.9 Å². The summed E-state index contributed by atoms with van der Waals surface area (Å²) in [5.41, 5.74) is 5.56. The number of hydrogen-bond acceptors (Lipinski definition) is 7. The van der Waals surface area contributed by atoms with Crippen LogP contribution < -0.4 is 15.4 Å². The summed E-state index contributed by atoms with van der Waals surface area (Å²) in [6.07, 6.45) is 0. The van der Waals surface area contributed by atoms with Crippen molar-refractivity contribution in [2.75, 3.05) is 30.8 Å². The third-order valence-electron chi connectivity index (χ3n) is 2.00. The maximum Gasteiger partial charge on any atom is 0.323 e. The quantitative estimate of drug-likeness (QED) is 0.791. The summed E-state index contributed by atoms with van der Waals surface area (Å²) in [5, 5.41) is 8.74. The lowest BCUT2D eigenvalue weighted by molar-refractivity contribution is 0.312. The number of ether oxygens (including phenoxy) is 1. The third kappa shape index (κ3) is 3.75. The van der Waals surface area contributed by atoms with E-state index in [4.69, 9.17) is 15.7 Å². The van der Waals surface area contributed by atoms with Crippen LogP contribution in [0.15, 0.2) is 0 Å². The van der Waals surface area contributed by atoms with Gasteiger partial charge >= 0.3 is 6.01 Å². The number of nitrogen functional groups attached to an aromatic ring is 1. The fourth-order valence-corrected chi connectivity index (χ4v) is 1.26. The molecule has 0 spiro atoms. The fourth-order valence-electron chi connectivity index (χ4n) is 1.26. The Bertz CT molecular complexity index is 416. The summed E-state index contributed by atoms with van der Waals surface area (Å²) >= 11 is 0. The van der Waals surface area contributed by atoms with Crippen molar-refractivity contribution in [3.05, 3.63) is 0 Å². The molecule has 1 unspecified atom stereocenters. The largest absolute Gasteiger partial charge is 0.464 e. The van der Waals surface area contributed by atoms with Crippen LogP contribution >= 0.6 is 0 Å². The second-order valence-corrected chi connectivity index (χ2v) is 3.62. The summed E-state index contributed by atoms with van der Waals surface area (Å²) in [5.74, 6) is 0.395. The molecule has 0 aliphatic rings. The predicted octanol–water partition coefficient (Wildman–Crippen LogP) is 0.448. The normalized spacial score (nSPS) is 11.6. The zero-order valence-electron chi connectivity index (χ0n) is 10.2. The fraction of sp³-hybridized carbons (Fsp3) is 0.600. The van der Waals surface area contributed by atoms with Gasteiger partial charge in [0, 0.05) is 13.6 Å². The van der Waals surface area contributed by atoms with Crippen LogP contribution in [0, 0.1) is 17.2 Å². The van der Waals surface area contributed by atoms with Gasteiger partial charge in [-0.05, 0) is 13.8 Å². The molecule has 0 aliphatic carbocycles. The molecule has 0 radical (unpaired) electrons. The number of aromatic nitrogens is 3. The van der Waals surface area contributed by atoms with Gasteiger partial charge in [0.15, 0.2) is 0 Å². The molecule has 1 aromatic rings. The maximum absolute atomic E-state index is 8.74.